The Bertz CT molecular complexity index is 717. The van der Waals surface area contributed by atoms with Crippen LogP contribution in [0.5, 0.6) is 0 Å². The Hall–Kier alpha value is -0.740. The zero-order valence-electron chi connectivity index (χ0n) is 19.1. The van der Waals surface area contributed by atoms with Crippen LogP contribution in [0.15, 0.2) is 48.5 Å². The van der Waals surface area contributed by atoms with Crippen LogP contribution >= 0.6 is 16.1 Å². The highest BCUT2D eigenvalue weighted by Crippen LogP contribution is 2.67. The van der Waals surface area contributed by atoms with Gasteiger partial charge in [0.2, 0.25) is 0 Å². The molecule has 0 spiro atoms. The summed E-state index contributed by atoms with van der Waals surface area (Å²) in [7, 11) is -0.578. The predicted octanol–water partition coefficient (Wildman–Crippen LogP) is 7.50. The molecule has 0 aliphatic carbocycles. The van der Waals surface area contributed by atoms with Gasteiger partial charge in [-0.25, -0.2) is 0 Å². The van der Waals surface area contributed by atoms with Crippen LogP contribution in [-0.4, -0.2) is 22.3 Å². The lowest BCUT2D eigenvalue weighted by Gasteiger charge is -2.43. The maximum Gasteiger partial charge on any atom is 0.0323 e. The quantitative estimate of drug-likeness (QED) is 0.375. The van der Waals surface area contributed by atoms with Crippen molar-refractivity contribution in [3.8, 4) is 0 Å². The van der Waals surface area contributed by atoms with Gasteiger partial charge >= 0.3 is 0 Å². The Morgan fingerprint density at radius 1 is 0.828 bits per heavy atom. The lowest BCUT2D eigenvalue weighted by Crippen LogP contribution is -2.31. The first kappa shape index (κ1) is 22.9. The minimum absolute atomic E-state index is 0.0965. The first-order valence-electron chi connectivity index (χ1n) is 11.6. The summed E-state index contributed by atoms with van der Waals surface area (Å²) in [6.07, 6.45) is 8.15. The van der Waals surface area contributed by atoms with Crippen molar-refractivity contribution in [1.82, 2.24) is 4.44 Å². The van der Waals surface area contributed by atoms with Gasteiger partial charge in [0.1, 0.15) is 0 Å². The molecule has 0 bridgehead atoms. The van der Waals surface area contributed by atoms with Crippen molar-refractivity contribution in [3.63, 3.8) is 0 Å². The second kappa shape index (κ2) is 11.0. The third-order valence-electron chi connectivity index (χ3n) is 6.42. The summed E-state index contributed by atoms with van der Waals surface area (Å²) in [5.41, 5.74) is 4.73. The first-order valence-corrected chi connectivity index (χ1v) is 14.3. The van der Waals surface area contributed by atoms with Crippen molar-refractivity contribution in [2.24, 2.45) is 0 Å². The van der Waals surface area contributed by atoms with Crippen LogP contribution in [-0.2, 0) is 0 Å². The molecule has 0 unspecified atom stereocenters. The molecule has 1 aliphatic heterocycles. The van der Waals surface area contributed by atoms with Crippen molar-refractivity contribution in [2.75, 3.05) is 6.54 Å². The number of aryl methyl sites for hydroxylation is 2. The molecule has 29 heavy (non-hydrogen) atoms. The van der Waals surface area contributed by atoms with E-state index in [1.165, 1.54) is 56.2 Å². The molecule has 0 N–H and O–H groups in total. The van der Waals surface area contributed by atoms with E-state index < -0.39 is 8.07 Å². The number of hydrogen-bond acceptors (Lipinski definition) is 1. The Morgan fingerprint density at radius 2 is 1.31 bits per heavy atom. The van der Waals surface area contributed by atoms with E-state index in [-0.39, 0.29) is 8.07 Å². The molecule has 2 atom stereocenters. The van der Waals surface area contributed by atoms with Crippen LogP contribution < -0.4 is 10.6 Å². The average Bonchev–Trinajstić information content (AvgIpc) is 3.16. The summed E-state index contributed by atoms with van der Waals surface area (Å²) in [5, 5.41) is 3.15. The standard InChI is InChI=1S/C26H39NP2/c1-6-9-20-27(28-23(7-2)18-19-24(28)8-3)29(25-16-12-10-14-21(25)4)26-17-13-11-15-22(26)5/h10-17,23-24H,6-9,18-20H2,1-5H3/t23-,24-/m1/s1. The average molecular weight is 428 g/mol. The van der Waals surface area contributed by atoms with Crippen LogP contribution in [0.2, 0.25) is 0 Å². The van der Waals surface area contributed by atoms with Gasteiger partial charge in [0, 0.05) is 14.6 Å². The maximum atomic E-state index is 3.06. The monoisotopic (exact) mass is 427 g/mol. The van der Waals surface area contributed by atoms with Gasteiger partial charge in [-0.1, -0.05) is 75.7 Å². The van der Waals surface area contributed by atoms with E-state index >= 15 is 0 Å². The number of benzene rings is 2. The Balaban J connectivity index is 2.15. The molecule has 1 saturated heterocycles. The number of hydrogen-bond donors (Lipinski definition) is 0. The van der Waals surface area contributed by atoms with E-state index in [1.54, 1.807) is 10.6 Å². The molecule has 3 rings (SSSR count). The van der Waals surface area contributed by atoms with Gasteiger partial charge in [-0.05, 0) is 87.1 Å². The van der Waals surface area contributed by atoms with E-state index in [0.29, 0.717) is 0 Å². The number of nitrogens with zero attached hydrogens (tertiary/aromatic N) is 1. The summed E-state index contributed by atoms with van der Waals surface area (Å²) < 4.78 is 3.06. The molecule has 0 amide bonds. The summed E-state index contributed by atoms with van der Waals surface area (Å²) in [5.74, 6) is 0. The van der Waals surface area contributed by atoms with Gasteiger partial charge in [-0.3, -0.25) is 4.44 Å². The molecule has 1 fully saturated rings. The largest absolute Gasteiger partial charge is 0.252 e. The highest BCUT2D eigenvalue weighted by molar-refractivity contribution is 7.80. The highest BCUT2D eigenvalue weighted by atomic mass is 31.2. The van der Waals surface area contributed by atoms with E-state index in [0.717, 1.165) is 11.3 Å². The normalized spacial score (nSPS) is 20.1. The molecule has 2 aromatic carbocycles. The third kappa shape index (κ3) is 5.12. The maximum absolute atomic E-state index is 3.06. The summed E-state index contributed by atoms with van der Waals surface area (Å²) >= 11 is 0. The topological polar surface area (TPSA) is 3.24 Å². The Labute approximate surface area is 181 Å². The summed E-state index contributed by atoms with van der Waals surface area (Å²) in [6.45, 7) is 13.1. The zero-order chi connectivity index (χ0) is 20.8. The summed E-state index contributed by atoms with van der Waals surface area (Å²) in [4.78, 5) is 0. The van der Waals surface area contributed by atoms with E-state index in [2.05, 4.69) is 87.6 Å². The molecular formula is C26H39NP2. The minimum atomic E-state index is -0.481. The molecule has 158 valence electrons. The molecule has 0 radical (unpaired) electrons. The predicted molar refractivity (Wildman–Crippen MR) is 134 cm³/mol. The third-order valence-corrected chi connectivity index (χ3v) is 13.6. The second-order valence-corrected chi connectivity index (χ2v) is 13.5. The van der Waals surface area contributed by atoms with Crippen LogP contribution in [0, 0.1) is 13.8 Å². The molecule has 3 heteroatoms. The van der Waals surface area contributed by atoms with E-state index in [1.807, 2.05) is 0 Å². The van der Waals surface area contributed by atoms with Crippen molar-refractivity contribution in [3.05, 3.63) is 59.7 Å². The fourth-order valence-corrected chi connectivity index (χ4v) is 12.7. The van der Waals surface area contributed by atoms with Crippen molar-refractivity contribution in [2.45, 2.75) is 84.5 Å². The highest BCUT2D eigenvalue weighted by Gasteiger charge is 2.41. The summed E-state index contributed by atoms with van der Waals surface area (Å²) in [6, 6.07) is 18.4. The van der Waals surface area contributed by atoms with Crippen LogP contribution in [0.1, 0.15) is 70.4 Å². The SMILES string of the molecule is CCCCN(P(c1ccccc1C)c1ccccc1C)P1[C@H](CC)CC[C@H]1CC. The van der Waals surface area contributed by atoms with Crippen LogP contribution in [0.3, 0.4) is 0 Å². The second-order valence-electron chi connectivity index (χ2n) is 8.42. The fraction of sp³-hybridized carbons (Fsp3) is 0.538. The fourth-order valence-electron chi connectivity index (χ4n) is 4.71. The molecule has 0 aromatic heterocycles. The van der Waals surface area contributed by atoms with E-state index in [9.17, 15) is 0 Å². The molecule has 0 saturated carbocycles. The van der Waals surface area contributed by atoms with Crippen LogP contribution in [0.25, 0.3) is 0 Å². The van der Waals surface area contributed by atoms with Crippen molar-refractivity contribution in [1.29, 1.82) is 0 Å². The van der Waals surface area contributed by atoms with Gasteiger partial charge in [0.05, 0.1) is 0 Å². The smallest absolute Gasteiger partial charge is 0.0323 e. The van der Waals surface area contributed by atoms with Gasteiger partial charge in [0.15, 0.2) is 0 Å². The number of rotatable bonds is 9. The Kier molecular flexibility index (Phi) is 8.73. The Morgan fingerprint density at radius 3 is 1.72 bits per heavy atom. The lowest BCUT2D eigenvalue weighted by atomic mass is 10.1. The van der Waals surface area contributed by atoms with Crippen LogP contribution in [0.4, 0.5) is 0 Å². The van der Waals surface area contributed by atoms with Crippen molar-refractivity contribution < 1.29 is 0 Å². The van der Waals surface area contributed by atoms with Gasteiger partial charge < -0.3 is 0 Å². The van der Waals surface area contributed by atoms with E-state index in [4.69, 9.17) is 0 Å². The molecular weight excluding hydrogens is 388 g/mol. The molecule has 1 aliphatic rings. The van der Waals surface area contributed by atoms with Gasteiger partial charge in [-0.2, -0.15) is 0 Å². The van der Waals surface area contributed by atoms with Crippen molar-refractivity contribution >= 4 is 26.8 Å². The number of unbranched alkanes of at least 4 members (excludes halogenated alkanes) is 1. The molecule has 2 aromatic rings. The molecule has 1 heterocycles. The zero-order valence-corrected chi connectivity index (χ0v) is 20.9. The van der Waals surface area contributed by atoms with Gasteiger partial charge in [-0.15, -0.1) is 0 Å². The van der Waals surface area contributed by atoms with Gasteiger partial charge in [0.25, 0.3) is 0 Å². The first-order chi connectivity index (χ1) is 14.1. The molecule has 1 nitrogen and oxygen atoms in total. The minimum Gasteiger partial charge on any atom is -0.252 e. The lowest BCUT2D eigenvalue weighted by molar-refractivity contribution is 0.627.